The highest BCUT2D eigenvalue weighted by Crippen LogP contribution is 2.30. The van der Waals surface area contributed by atoms with E-state index in [0.29, 0.717) is 51.7 Å². The van der Waals surface area contributed by atoms with Crippen LogP contribution in [0.3, 0.4) is 0 Å². The van der Waals surface area contributed by atoms with Gasteiger partial charge in [0.25, 0.3) is 0 Å². The van der Waals surface area contributed by atoms with Gasteiger partial charge >= 0.3 is 11.9 Å². The Kier molecular flexibility index (Phi) is 7.70. The van der Waals surface area contributed by atoms with E-state index in [1.165, 1.54) is 0 Å². The van der Waals surface area contributed by atoms with Crippen LogP contribution in [0.25, 0.3) is 0 Å². The van der Waals surface area contributed by atoms with Gasteiger partial charge in [0.1, 0.15) is 0 Å². The second-order valence-electron chi connectivity index (χ2n) is 5.04. The second kappa shape index (κ2) is 9.34. The lowest BCUT2D eigenvalue weighted by atomic mass is 9.82. The van der Waals surface area contributed by atoms with Crippen LogP contribution in [0.5, 0.6) is 0 Å². The van der Waals surface area contributed by atoms with E-state index in [4.69, 9.17) is 9.47 Å². The number of ether oxygens (including phenoxy) is 2. The van der Waals surface area contributed by atoms with Crippen molar-refractivity contribution in [3.05, 3.63) is 25.3 Å². The molecule has 20 heavy (non-hydrogen) atoms. The maximum atomic E-state index is 11.8. The molecule has 0 aliphatic heterocycles. The molecule has 1 rings (SSSR count). The number of esters is 2. The van der Waals surface area contributed by atoms with Crippen LogP contribution >= 0.6 is 0 Å². The normalized spacial score (nSPS) is 21.8. The third-order valence-corrected chi connectivity index (χ3v) is 3.53. The fourth-order valence-electron chi connectivity index (χ4n) is 2.29. The molecule has 0 atom stereocenters. The molecular weight excluding hydrogens is 256 g/mol. The van der Waals surface area contributed by atoms with Crippen molar-refractivity contribution in [2.45, 2.75) is 38.5 Å². The van der Waals surface area contributed by atoms with Gasteiger partial charge in [-0.15, -0.1) is 13.2 Å². The van der Waals surface area contributed by atoms with Gasteiger partial charge < -0.3 is 9.47 Å². The first kappa shape index (κ1) is 16.5. The topological polar surface area (TPSA) is 52.6 Å². The van der Waals surface area contributed by atoms with Gasteiger partial charge in [-0.3, -0.25) is 9.59 Å². The Morgan fingerprint density at radius 3 is 1.50 bits per heavy atom. The highest BCUT2D eigenvalue weighted by atomic mass is 16.5. The van der Waals surface area contributed by atoms with Gasteiger partial charge in [-0.25, -0.2) is 0 Å². The van der Waals surface area contributed by atoms with Crippen LogP contribution in [0.1, 0.15) is 38.5 Å². The summed E-state index contributed by atoms with van der Waals surface area (Å²) in [4.78, 5) is 23.6. The quantitative estimate of drug-likeness (QED) is 0.389. The number of carbonyl (C=O) groups is 2. The van der Waals surface area contributed by atoms with E-state index < -0.39 is 0 Å². The first-order valence-electron chi connectivity index (χ1n) is 7.24. The van der Waals surface area contributed by atoms with E-state index in [9.17, 15) is 9.59 Å². The lowest BCUT2D eigenvalue weighted by Gasteiger charge is -2.25. The lowest BCUT2D eigenvalue weighted by molar-refractivity contribution is -0.155. The summed E-state index contributed by atoms with van der Waals surface area (Å²) in [5.74, 6) is -0.440. The van der Waals surface area contributed by atoms with Crippen molar-refractivity contribution in [3.63, 3.8) is 0 Å². The predicted octanol–water partition coefficient (Wildman–Crippen LogP) is 3.03. The monoisotopic (exact) mass is 280 g/mol. The molecule has 4 heteroatoms. The van der Waals surface area contributed by atoms with Crippen molar-refractivity contribution in [1.29, 1.82) is 0 Å². The molecule has 112 valence electrons. The van der Waals surface area contributed by atoms with Crippen LogP contribution in [-0.4, -0.2) is 25.2 Å². The number of rotatable bonds is 8. The van der Waals surface area contributed by atoms with Gasteiger partial charge in [0.05, 0.1) is 25.0 Å². The fourth-order valence-corrected chi connectivity index (χ4v) is 2.29. The number of hydrogen-bond donors (Lipinski definition) is 0. The molecule has 0 bridgehead atoms. The zero-order chi connectivity index (χ0) is 14.8. The zero-order valence-electron chi connectivity index (χ0n) is 12.0. The average molecular weight is 280 g/mol. The molecule has 0 N–H and O–H groups in total. The van der Waals surface area contributed by atoms with Crippen LogP contribution in [0.15, 0.2) is 25.3 Å². The Hall–Kier alpha value is -1.58. The zero-order valence-corrected chi connectivity index (χ0v) is 12.0. The van der Waals surface area contributed by atoms with E-state index in [1.807, 2.05) is 0 Å². The summed E-state index contributed by atoms with van der Waals surface area (Å²) in [6.45, 7) is 7.95. The number of carbonyl (C=O) groups excluding carboxylic acids is 2. The molecule has 0 aromatic heterocycles. The van der Waals surface area contributed by atoms with Crippen LogP contribution in [-0.2, 0) is 19.1 Å². The van der Waals surface area contributed by atoms with Gasteiger partial charge in [-0.05, 0) is 38.5 Å². The largest absolute Gasteiger partial charge is 0.465 e. The van der Waals surface area contributed by atoms with E-state index in [-0.39, 0.29) is 23.8 Å². The molecule has 0 spiro atoms. The molecule has 1 fully saturated rings. The SMILES string of the molecule is C=CCCOC(=O)C1CCC(C(=O)OCCC=C)CC1. The first-order chi connectivity index (χ1) is 9.69. The molecule has 0 aromatic carbocycles. The molecule has 4 nitrogen and oxygen atoms in total. The van der Waals surface area contributed by atoms with Gasteiger partial charge in [0.15, 0.2) is 0 Å². The lowest BCUT2D eigenvalue weighted by Crippen LogP contribution is -2.28. The van der Waals surface area contributed by atoms with Crippen molar-refractivity contribution in [1.82, 2.24) is 0 Å². The van der Waals surface area contributed by atoms with E-state index in [2.05, 4.69) is 13.2 Å². The molecule has 1 aliphatic carbocycles. The summed E-state index contributed by atoms with van der Waals surface area (Å²) in [6.07, 6.45) is 7.62. The molecule has 0 saturated heterocycles. The summed E-state index contributed by atoms with van der Waals surface area (Å²) < 4.78 is 10.3. The Balaban J connectivity index is 2.24. The van der Waals surface area contributed by atoms with Crippen molar-refractivity contribution in [2.75, 3.05) is 13.2 Å². The van der Waals surface area contributed by atoms with Gasteiger partial charge in [0, 0.05) is 0 Å². The highest BCUT2D eigenvalue weighted by molar-refractivity contribution is 5.75. The minimum atomic E-state index is -0.148. The molecule has 1 saturated carbocycles. The smallest absolute Gasteiger partial charge is 0.308 e. The van der Waals surface area contributed by atoms with Gasteiger partial charge in [-0.2, -0.15) is 0 Å². The third-order valence-electron chi connectivity index (χ3n) is 3.53. The highest BCUT2D eigenvalue weighted by Gasteiger charge is 2.31. The summed E-state index contributed by atoms with van der Waals surface area (Å²) >= 11 is 0. The Morgan fingerprint density at radius 1 is 0.850 bits per heavy atom. The van der Waals surface area contributed by atoms with Gasteiger partial charge in [0.2, 0.25) is 0 Å². The summed E-state index contributed by atoms with van der Waals surface area (Å²) in [5, 5.41) is 0. The summed E-state index contributed by atoms with van der Waals surface area (Å²) in [6, 6.07) is 0. The molecule has 0 aromatic rings. The van der Waals surface area contributed by atoms with Crippen LogP contribution in [0.2, 0.25) is 0 Å². The third kappa shape index (κ3) is 5.59. The van der Waals surface area contributed by atoms with E-state index in [0.717, 1.165) is 0 Å². The predicted molar refractivity (Wildman–Crippen MR) is 77.0 cm³/mol. The first-order valence-corrected chi connectivity index (χ1v) is 7.24. The van der Waals surface area contributed by atoms with Crippen LogP contribution in [0.4, 0.5) is 0 Å². The molecule has 0 heterocycles. The minimum absolute atomic E-state index is 0.0722. The molecule has 0 unspecified atom stereocenters. The molecular formula is C16H24O4. The van der Waals surface area contributed by atoms with Crippen molar-refractivity contribution in [3.8, 4) is 0 Å². The van der Waals surface area contributed by atoms with Crippen molar-refractivity contribution < 1.29 is 19.1 Å². The fraction of sp³-hybridized carbons (Fsp3) is 0.625. The summed E-state index contributed by atoms with van der Waals surface area (Å²) in [7, 11) is 0. The maximum absolute atomic E-state index is 11.8. The minimum Gasteiger partial charge on any atom is -0.465 e. The standard InChI is InChI=1S/C16H24O4/c1-3-5-11-19-15(17)13-7-9-14(10-8-13)16(18)20-12-6-4-2/h3-4,13-14H,1-2,5-12H2. The van der Waals surface area contributed by atoms with Crippen LogP contribution in [0, 0.1) is 11.8 Å². The second-order valence-corrected chi connectivity index (χ2v) is 5.04. The van der Waals surface area contributed by atoms with Crippen molar-refractivity contribution >= 4 is 11.9 Å². The summed E-state index contributed by atoms with van der Waals surface area (Å²) in [5.41, 5.74) is 0. The Bertz CT molecular complexity index is 306. The Labute approximate surface area is 120 Å². The van der Waals surface area contributed by atoms with E-state index in [1.54, 1.807) is 12.2 Å². The molecule has 0 amide bonds. The van der Waals surface area contributed by atoms with Crippen molar-refractivity contribution in [2.24, 2.45) is 11.8 Å². The molecule has 1 aliphatic rings. The maximum Gasteiger partial charge on any atom is 0.308 e. The van der Waals surface area contributed by atoms with E-state index >= 15 is 0 Å². The average Bonchev–Trinajstić information content (AvgIpc) is 2.47. The van der Waals surface area contributed by atoms with Crippen LogP contribution < -0.4 is 0 Å². The Morgan fingerprint density at radius 2 is 1.20 bits per heavy atom. The molecule has 0 radical (unpaired) electrons. The van der Waals surface area contributed by atoms with Gasteiger partial charge in [-0.1, -0.05) is 12.2 Å². The number of hydrogen-bond acceptors (Lipinski definition) is 4.